The van der Waals surface area contributed by atoms with Gasteiger partial charge in [0.2, 0.25) is 0 Å². The number of nitrogens with zero attached hydrogens (tertiary/aromatic N) is 2. The van der Waals surface area contributed by atoms with Gasteiger partial charge in [-0.2, -0.15) is 0 Å². The lowest BCUT2D eigenvalue weighted by Gasteiger charge is -2.31. The Labute approximate surface area is 131 Å². The van der Waals surface area contributed by atoms with Gasteiger partial charge >= 0.3 is 0 Å². The summed E-state index contributed by atoms with van der Waals surface area (Å²) in [4.78, 5) is 6.36. The van der Waals surface area contributed by atoms with Crippen LogP contribution in [0.4, 0.5) is 15.8 Å². The van der Waals surface area contributed by atoms with Gasteiger partial charge in [-0.15, -0.1) is 0 Å². The van der Waals surface area contributed by atoms with E-state index in [1.165, 1.54) is 6.07 Å². The second-order valence-electron chi connectivity index (χ2n) is 6.33. The van der Waals surface area contributed by atoms with Crippen molar-refractivity contribution in [3.8, 4) is 0 Å². The lowest BCUT2D eigenvalue weighted by Crippen LogP contribution is -2.44. The van der Waals surface area contributed by atoms with Crippen molar-refractivity contribution in [2.24, 2.45) is 4.99 Å². The first kappa shape index (κ1) is 16.5. The van der Waals surface area contributed by atoms with E-state index in [0.29, 0.717) is 19.2 Å². The van der Waals surface area contributed by atoms with E-state index in [1.807, 2.05) is 0 Å². The summed E-state index contributed by atoms with van der Waals surface area (Å²) in [6, 6.07) is 4.75. The molecule has 2 N–H and O–H groups in total. The highest BCUT2D eigenvalue weighted by Gasteiger charge is 2.18. The quantitative estimate of drug-likeness (QED) is 0.651. The zero-order chi connectivity index (χ0) is 16.2. The summed E-state index contributed by atoms with van der Waals surface area (Å²) in [5.74, 6) is 0.416. The molecule has 122 valence electrons. The van der Waals surface area contributed by atoms with E-state index in [0.717, 1.165) is 24.5 Å². The fourth-order valence-corrected chi connectivity index (χ4v) is 2.30. The molecule has 0 unspecified atom stereocenters. The van der Waals surface area contributed by atoms with Gasteiger partial charge in [-0.3, -0.25) is 4.99 Å². The molecule has 0 amide bonds. The Morgan fingerprint density at radius 1 is 1.27 bits per heavy atom. The van der Waals surface area contributed by atoms with Crippen molar-refractivity contribution in [3.63, 3.8) is 0 Å². The molecule has 1 aromatic rings. The minimum atomic E-state index is -0.245. The minimum Gasteiger partial charge on any atom is -0.378 e. The molecular weight excluding hydrogens is 283 g/mol. The molecule has 1 heterocycles. The van der Waals surface area contributed by atoms with Crippen molar-refractivity contribution >= 4 is 17.3 Å². The van der Waals surface area contributed by atoms with Crippen molar-refractivity contribution in [2.45, 2.75) is 26.3 Å². The van der Waals surface area contributed by atoms with Gasteiger partial charge < -0.3 is 20.3 Å². The van der Waals surface area contributed by atoms with E-state index in [1.54, 1.807) is 19.2 Å². The number of benzene rings is 1. The fraction of sp³-hybridized carbons (Fsp3) is 0.562. The third-order valence-corrected chi connectivity index (χ3v) is 3.28. The molecule has 5 nitrogen and oxygen atoms in total. The van der Waals surface area contributed by atoms with Gasteiger partial charge in [-0.1, -0.05) is 0 Å². The number of aliphatic imine (C=N–C) groups is 1. The third kappa shape index (κ3) is 4.59. The van der Waals surface area contributed by atoms with E-state index < -0.39 is 0 Å². The number of morpholine rings is 1. The number of hydrogen-bond acceptors (Lipinski definition) is 3. The molecule has 0 radical (unpaired) electrons. The maximum Gasteiger partial charge on any atom is 0.195 e. The average Bonchev–Trinajstić information content (AvgIpc) is 2.47. The van der Waals surface area contributed by atoms with E-state index in [9.17, 15) is 4.39 Å². The van der Waals surface area contributed by atoms with Crippen LogP contribution in [0.5, 0.6) is 0 Å². The number of nitrogens with one attached hydrogen (secondary N) is 2. The molecule has 2 rings (SSSR count). The minimum absolute atomic E-state index is 0.110. The lowest BCUT2D eigenvalue weighted by atomic mass is 10.1. The van der Waals surface area contributed by atoms with E-state index in [2.05, 4.69) is 41.3 Å². The van der Waals surface area contributed by atoms with Crippen LogP contribution in [-0.4, -0.2) is 44.8 Å². The van der Waals surface area contributed by atoms with Crippen LogP contribution >= 0.6 is 0 Å². The molecule has 6 heteroatoms. The third-order valence-electron chi connectivity index (χ3n) is 3.28. The summed E-state index contributed by atoms with van der Waals surface area (Å²) in [6.45, 7) is 9.01. The standard InChI is InChI=1S/C16H25FN4O/c1-16(2,3)20-15(18-4)19-13-6-5-12(17)11-14(13)21-7-9-22-10-8-21/h5-6,11H,7-10H2,1-4H3,(H2,18,19,20). The van der Waals surface area contributed by atoms with Gasteiger partial charge in [0.05, 0.1) is 24.6 Å². The number of hydrogen-bond donors (Lipinski definition) is 2. The summed E-state index contributed by atoms with van der Waals surface area (Å²) >= 11 is 0. The van der Waals surface area contributed by atoms with E-state index in [4.69, 9.17) is 4.74 Å². The predicted molar refractivity (Wildman–Crippen MR) is 89.3 cm³/mol. The van der Waals surface area contributed by atoms with Crippen molar-refractivity contribution in [3.05, 3.63) is 24.0 Å². The van der Waals surface area contributed by atoms with Crippen LogP contribution in [0.1, 0.15) is 20.8 Å². The van der Waals surface area contributed by atoms with Crippen molar-refractivity contribution in [1.82, 2.24) is 5.32 Å². The first-order chi connectivity index (χ1) is 10.4. The Balaban J connectivity index is 2.22. The number of anilines is 2. The van der Waals surface area contributed by atoms with Gasteiger partial charge in [-0.05, 0) is 39.0 Å². The van der Waals surface area contributed by atoms with Gasteiger partial charge in [-0.25, -0.2) is 4.39 Å². The molecule has 0 aromatic heterocycles. The number of ether oxygens (including phenoxy) is 1. The van der Waals surface area contributed by atoms with Gasteiger partial charge in [0, 0.05) is 25.7 Å². The Kier molecular flexibility index (Phi) is 5.24. The Hall–Kier alpha value is -1.82. The van der Waals surface area contributed by atoms with Crippen molar-refractivity contribution in [2.75, 3.05) is 43.6 Å². The largest absolute Gasteiger partial charge is 0.378 e. The molecule has 0 bridgehead atoms. The zero-order valence-electron chi connectivity index (χ0n) is 13.7. The Morgan fingerprint density at radius 2 is 1.95 bits per heavy atom. The predicted octanol–water partition coefficient (Wildman–Crippen LogP) is 2.45. The van der Waals surface area contributed by atoms with Crippen LogP contribution in [-0.2, 0) is 4.74 Å². The molecule has 0 saturated carbocycles. The Morgan fingerprint density at radius 3 is 2.55 bits per heavy atom. The van der Waals surface area contributed by atoms with E-state index in [-0.39, 0.29) is 11.4 Å². The summed E-state index contributed by atoms with van der Waals surface area (Å²) in [5.41, 5.74) is 1.56. The van der Waals surface area contributed by atoms with Crippen LogP contribution in [0.15, 0.2) is 23.2 Å². The number of rotatable bonds is 2. The van der Waals surface area contributed by atoms with Crippen LogP contribution in [0, 0.1) is 5.82 Å². The van der Waals surface area contributed by atoms with Gasteiger partial charge in [0.25, 0.3) is 0 Å². The highest BCUT2D eigenvalue weighted by molar-refractivity contribution is 5.97. The molecule has 1 aliphatic heterocycles. The first-order valence-electron chi connectivity index (χ1n) is 7.53. The van der Waals surface area contributed by atoms with Crippen molar-refractivity contribution < 1.29 is 9.13 Å². The van der Waals surface area contributed by atoms with Gasteiger partial charge in [0.15, 0.2) is 5.96 Å². The zero-order valence-corrected chi connectivity index (χ0v) is 13.7. The summed E-state index contributed by atoms with van der Waals surface area (Å²) < 4.78 is 19.0. The summed E-state index contributed by atoms with van der Waals surface area (Å²) in [6.07, 6.45) is 0. The number of halogens is 1. The molecule has 0 spiro atoms. The van der Waals surface area contributed by atoms with Crippen molar-refractivity contribution in [1.29, 1.82) is 0 Å². The molecule has 1 aromatic carbocycles. The second kappa shape index (κ2) is 6.96. The lowest BCUT2D eigenvalue weighted by molar-refractivity contribution is 0.122. The van der Waals surface area contributed by atoms with Gasteiger partial charge in [0.1, 0.15) is 5.82 Å². The monoisotopic (exact) mass is 308 g/mol. The SMILES string of the molecule is CN=C(Nc1ccc(F)cc1N1CCOCC1)NC(C)(C)C. The highest BCUT2D eigenvalue weighted by Crippen LogP contribution is 2.27. The maximum absolute atomic E-state index is 13.7. The smallest absolute Gasteiger partial charge is 0.195 e. The number of guanidine groups is 1. The normalized spacial score (nSPS) is 16.6. The highest BCUT2D eigenvalue weighted by atomic mass is 19.1. The van der Waals surface area contributed by atoms with Crippen LogP contribution in [0.2, 0.25) is 0 Å². The summed E-state index contributed by atoms with van der Waals surface area (Å²) in [5, 5.41) is 6.57. The summed E-state index contributed by atoms with van der Waals surface area (Å²) in [7, 11) is 1.72. The molecular formula is C16H25FN4O. The average molecular weight is 308 g/mol. The van der Waals surface area contributed by atoms with E-state index >= 15 is 0 Å². The fourth-order valence-electron chi connectivity index (χ4n) is 2.30. The first-order valence-corrected chi connectivity index (χ1v) is 7.53. The second-order valence-corrected chi connectivity index (χ2v) is 6.33. The maximum atomic E-state index is 13.7. The van der Waals surface area contributed by atoms with Crippen LogP contribution < -0.4 is 15.5 Å². The molecule has 1 saturated heterocycles. The molecule has 1 aliphatic rings. The molecule has 0 aliphatic carbocycles. The Bertz CT molecular complexity index is 533. The molecule has 1 fully saturated rings. The molecule has 22 heavy (non-hydrogen) atoms. The van der Waals surface area contributed by atoms with Crippen LogP contribution in [0.3, 0.4) is 0 Å². The topological polar surface area (TPSA) is 48.9 Å². The molecule has 0 atom stereocenters. The van der Waals surface area contributed by atoms with Crippen LogP contribution in [0.25, 0.3) is 0 Å².